The highest BCUT2D eigenvalue weighted by Gasteiger charge is 2.49. The summed E-state index contributed by atoms with van der Waals surface area (Å²) in [6.07, 6.45) is -6.03. The van der Waals surface area contributed by atoms with Gasteiger partial charge in [-0.2, -0.15) is 13.2 Å². The zero-order chi connectivity index (χ0) is 15.5. The van der Waals surface area contributed by atoms with Crippen LogP contribution < -0.4 is 5.73 Å². The van der Waals surface area contributed by atoms with E-state index in [-0.39, 0.29) is 6.42 Å². The molecule has 0 aliphatic carbocycles. The van der Waals surface area contributed by atoms with E-state index in [1.807, 2.05) is 0 Å². The Morgan fingerprint density at radius 1 is 1.42 bits per heavy atom. The third kappa shape index (κ3) is 6.21. The first kappa shape index (κ1) is 18.1. The van der Waals surface area contributed by atoms with Gasteiger partial charge in [0, 0.05) is 21.2 Å². The predicted molar refractivity (Wildman–Crippen MR) is 62.1 cm³/mol. The lowest BCUT2D eigenvalue weighted by molar-refractivity contribution is -0.253. The van der Waals surface area contributed by atoms with Gasteiger partial charge in [-0.1, -0.05) is 0 Å². The molecule has 0 unspecified atom stereocenters. The summed E-state index contributed by atoms with van der Waals surface area (Å²) < 4.78 is 56.0. The number of nitrogens with one attached hydrogen (secondary N) is 1. The van der Waals surface area contributed by atoms with Gasteiger partial charge in [-0.3, -0.25) is 9.57 Å². The molecule has 114 valence electrons. The second kappa shape index (κ2) is 6.06. The summed E-state index contributed by atoms with van der Waals surface area (Å²) in [4.78, 5) is 10.4. The Morgan fingerprint density at radius 2 is 1.89 bits per heavy atom. The number of carbonyl (C=O) groups is 1. The van der Waals surface area contributed by atoms with Crippen LogP contribution in [0.25, 0.3) is 0 Å². The van der Waals surface area contributed by atoms with Crippen molar-refractivity contribution in [2.45, 2.75) is 37.6 Å². The summed E-state index contributed by atoms with van der Waals surface area (Å²) in [7, 11) is -3.41. The summed E-state index contributed by atoms with van der Waals surface area (Å²) in [6, 6.07) is -1.31. The largest absolute Gasteiger partial charge is 0.480 e. The quantitative estimate of drug-likeness (QED) is 0.546. The van der Waals surface area contributed by atoms with E-state index < -0.39 is 51.4 Å². The molecule has 0 saturated heterocycles. The van der Waals surface area contributed by atoms with Gasteiger partial charge in [0.2, 0.25) is 0 Å². The van der Waals surface area contributed by atoms with Crippen LogP contribution in [0.15, 0.2) is 0 Å². The first-order valence-electron chi connectivity index (χ1n) is 5.30. The molecule has 0 spiro atoms. The molecule has 0 aliphatic heterocycles. The maximum Gasteiger partial charge on any atom is 0.416 e. The number of aliphatic carboxylic acids is 1. The predicted octanol–water partition coefficient (Wildman–Crippen LogP) is 0.539. The van der Waals surface area contributed by atoms with E-state index in [2.05, 4.69) is 0 Å². The molecule has 0 aromatic carbocycles. The standard InChI is InChI=1S/C9H17F3N2O4S/c1-8(17,9(10,11)12)3-5-19(14,18)4-2-6(13)7(15)16/h6,14,17H,2-5,13H2,1H3,(H,15,16)/t6-,8-,19+/m0/s1. The van der Waals surface area contributed by atoms with E-state index in [0.29, 0.717) is 6.92 Å². The van der Waals surface area contributed by atoms with Crippen molar-refractivity contribution in [1.82, 2.24) is 0 Å². The fourth-order valence-electron chi connectivity index (χ4n) is 1.05. The van der Waals surface area contributed by atoms with Crippen molar-refractivity contribution in [3.8, 4) is 0 Å². The van der Waals surface area contributed by atoms with Crippen molar-refractivity contribution in [3.05, 3.63) is 0 Å². The molecule has 0 saturated carbocycles. The minimum absolute atomic E-state index is 0.272. The Hall–Kier alpha value is -0.870. The first-order valence-corrected chi connectivity index (χ1v) is 7.20. The van der Waals surface area contributed by atoms with Crippen molar-refractivity contribution in [1.29, 1.82) is 4.78 Å². The number of nitrogens with two attached hydrogens (primary N) is 1. The summed E-state index contributed by atoms with van der Waals surface area (Å²) >= 11 is 0. The minimum atomic E-state index is -4.88. The highest BCUT2D eigenvalue weighted by molar-refractivity contribution is 7.92. The number of carboxylic acid groups (broad SMARTS) is 1. The van der Waals surface area contributed by atoms with Crippen LogP contribution >= 0.6 is 0 Å². The molecule has 0 bridgehead atoms. The summed E-state index contributed by atoms with van der Waals surface area (Å²) in [6.45, 7) is 0.533. The maximum atomic E-state index is 12.3. The molecule has 0 radical (unpaired) electrons. The van der Waals surface area contributed by atoms with Gasteiger partial charge in [-0.05, 0) is 19.8 Å². The zero-order valence-corrected chi connectivity index (χ0v) is 11.1. The number of carboxylic acids is 1. The average molecular weight is 306 g/mol. The van der Waals surface area contributed by atoms with E-state index in [1.54, 1.807) is 0 Å². The second-order valence-corrected chi connectivity index (χ2v) is 6.92. The summed E-state index contributed by atoms with van der Waals surface area (Å²) in [5, 5.41) is 17.6. The van der Waals surface area contributed by atoms with Gasteiger partial charge in [0.1, 0.15) is 6.04 Å². The molecular formula is C9H17F3N2O4S. The van der Waals surface area contributed by atoms with Crippen molar-refractivity contribution in [3.63, 3.8) is 0 Å². The minimum Gasteiger partial charge on any atom is -0.480 e. The van der Waals surface area contributed by atoms with Crippen LogP contribution in [0, 0.1) is 4.78 Å². The van der Waals surface area contributed by atoms with Gasteiger partial charge in [-0.15, -0.1) is 0 Å². The lowest BCUT2D eigenvalue weighted by Crippen LogP contribution is -2.43. The lowest BCUT2D eigenvalue weighted by Gasteiger charge is -2.26. The molecule has 0 aromatic heterocycles. The Balaban J connectivity index is 4.45. The van der Waals surface area contributed by atoms with Crippen molar-refractivity contribution < 1.29 is 32.4 Å². The van der Waals surface area contributed by atoms with Crippen LogP contribution in [0.1, 0.15) is 19.8 Å². The average Bonchev–Trinajstić information content (AvgIpc) is 2.22. The Morgan fingerprint density at radius 3 is 2.26 bits per heavy atom. The molecule has 6 nitrogen and oxygen atoms in total. The molecule has 5 N–H and O–H groups in total. The summed E-state index contributed by atoms with van der Waals surface area (Å²) in [5.41, 5.74) is 2.11. The molecule has 0 aromatic rings. The third-order valence-electron chi connectivity index (χ3n) is 2.61. The van der Waals surface area contributed by atoms with E-state index in [9.17, 15) is 22.2 Å². The van der Waals surface area contributed by atoms with E-state index >= 15 is 0 Å². The maximum absolute atomic E-state index is 12.3. The monoisotopic (exact) mass is 306 g/mol. The molecule has 0 amide bonds. The van der Waals surface area contributed by atoms with Crippen LogP contribution in [-0.2, 0) is 14.5 Å². The van der Waals surface area contributed by atoms with Crippen molar-refractivity contribution in [2.24, 2.45) is 5.73 Å². The normalized spacial score (nSPS) is 20.3. The highest BCUT2D eigenvalue weighted by atomic mass is 32.2. The lowest BCUT2D eigenvalue weighted by atomic mass is 10.0. The smallest absolute Gasteiger partial charge is 0.416 e. The van der Waals surface area contributed by atoms with E-state index in [1.165, 1.54) is 0 Å². The molecule has 0 heterocycles. The van der Waals surface area contributed by atoms with Gasteiger partial charge in [0.05, 0.1) is 0 Å². The molecule has 10 heteroatoms. The molecule has 0 aliphatic rings. The highest BCUT2D eigenvalue weighted by Crippen LogP contribution is 2.32. The third-order valence-corrected chi connectivity index (χ3v) is 4.36. The van der Waals surface area contributed by atoms with Crippen molar-refractivity contribution >= 4 is 15.7 Å². The fourth-order valence-corrected chi connectivity index (χ4v) is 2.61. The van der Waals surface area contributed by atoms with Crippen LogP contribution in [-0.4, -0.2) is 49.7 Å². The zero-order valence-electron chi connectivity index (χ0n) is 10.2. The van der Waals surface area contributed by atoms with Crippen LogP contribution in [0.2, 0.25) is 0 Å². The van der Waals surface area contributed by atoms with Crippen LogP contribution in [0.5, 0.6) is 0 Å². The molecule has 3 atom stereocenters. The SMILES string of the molecule is C[C@](O)(CC[S@](=N)(=O)CC[C@H](N)C(=O)O)C(F)(F)F. The molecule has 0 rings (SSSR count). The van der Waals surface area contributed by atoms with Crippen LogP contribution in [0.3, 0.4) is 0 Å². The molecule has 19 heavy (non-hydrogen) atoms. The fraction of sp³-hybridized carbons (Fsp3) is 0.889. The Labute approximate surface area is 108 Å². The van der Waals surface area contributed by atoms with Gasteiger partial charge >= 0.3 is 12.1 Å². The van der Waals surface area contributed by atoms with Gasteiger partial charge in [0.15, 0.2) is 5.60 Å². The molecular weight excluding hydrogens is 289 g/mol. The van der Waals surface area contributed by atoms with E-state index in [0.717, 1.165) is 0 Å². The van der Waals surface area contributed by atoms with Gasteiger partial charge < -0.3 is 15.9 Å². The van der Waals surface area contributed by atoms with Gasteiger partial charge in [-0.25, -0.2) is 4.21 Å². The molecule has 0 fully saturated rings. The topological polar surface area (TPSA) is 124 Å². The van der Waals surface area contributed by atoms with Crippen molar-refractivity contribution in [2.75, 3.05) is 11.5 Å². The van der Waals surface area contributed by atoms with E-state index in [4.69, 9.17) is 20.7 Å². The number of hydrogen-bond acceptors (Lipinski definition) is 5. The number of aliphatic hydroxyl groups is 1. The Kier molecular flexibility index (Phi) is 5.78. The number of alkyl halides is 3. The number of rotatable bonds is 7. The van der Waals surface area contributed by atoms with Gasteiger partial charge in [0.25, 0.3) is 0 Å². The Bertz CT molecular complexity index is 420. The first-order chi connectivity index (χ1) is 8.28. The number of halogens is 3. The second-order valence-electron chi connectivity index (χ2n) is 4.48. The van der Waals surface area contributed by atoms with Crippen LogP contribution in [0.4, 0.5) is 13.2 Å². The number of hydrogen-bond donors (Lipinski definition) is 4. The summed E-state index contributed by atoms with van der Waals surface area (Å²) in [5.74, 6) is -2.43.